The number of hydrogen-bond donors (Lipinski definition) is 0. The van der Waals surface area contributed by atoms with Crippen LogP contribution in [-0.4, -0.2) is 15.2 Å². The average Bonchev–Trinajstić information content (AvgIpc) is 3.13. The topological polar surface area (TPSA) is 0 Å². The Morgan fingerprint density at radius 3 is 0.420 bits per heavy atom. The maximum atomic E-state index is 2.39. The van der Waals surface area contributed by atoms with Crippen molar-refractivity contribution in [2.45, 2.75) is 309 Å². The zero-order valence-corrected chi connectivity index (χ0v) is 38.7. The molecular formula is C48H102Si2. The molecule has 0 aromatic heterocycles. The van der Waals surface area contributed by atoms with Crippen molar-refractivity contribution >= 4 is 15.2 Å². The highest BCUT2D eigenvalue weighted by Crippen LogP contribution is 2.46. The van der Waals surface area contributed by atoms with Crippen molar-refractivity contribution in [3.8, 4) is 0 Å². The molecule has 0 aromatic carbocycles. The van der Waals surface area contributed by atoms with Crippen LogP contribution in [0.25, 0.3) is 0 Å². The van der Waals surface area contributed by atoms with E-state index in [1.54, 1.807) is 113 Å². The molecule has 0 saturated carbocycles. The highest BCUT2D eigenvalue weighted by molar-refractivity contribution is 7.42. The minimum absolute atomic E-state index is 1.37. The molecular weight excluding hydrogens is 633 g/mol. The highest BCUT2D eigenvalue weighted by Gasteiger charge is 2.51. The van der Waals surface area contributed by atoms with Gasteiger partial charge in [-0.1, -0.05) is 309 Å². The van der Waals surface area contributed by atoms with Crippen LogP contribution in [0.1, 0.15) is 273 Å². The highest BCUT2D eigenvalue weighted by atomic mass is 29.3. The molecule has 302 valence electrons. The van der Waals surface area contributed by atoms with Gasteiger partial charge in [-0.25, -0.2) is 0 Å². The monoisotopic (exact) mass is 735 g/mol. The normalized spacial score (nSPS) is 12.4. The molecule has 0 atom stereocenters. The molecule has 2 heteroatoms. The van der Waals surface area contributed by atoms with Gasteiger partial charge in [-0.05, 0) is 0 Å². The van der Waals surface area contributed by atoms with Gasteiger partial charge in [0.2, 0.25) is 0 Å². The van der Waals surface area contributed by atoms with Gasteiger partial charge in [0, 0.05) is 15.2 Å². The van der Waals surface area contributed by atoms with Crippen molar-refractivity contribution in [1.82, 2.24) is 0 Å². The summed E-state index contributed by atoms with van der Waals surface area (Å²) in [6, 6.07) is 10.6. The van der Waals surface area contributed by atoms with E-state index in [0.29, 0.717) is 0 Å². The number of rotatable bonds is 43. The van der Waals surface area contributed by atoms with E-state index in [1.807, 2.05) is 0 Å². The van der Waals surface area contributed by atoms with E-state index in [0.717, 1.165) is 0 Å². The lowest BCUT2D eigenvalue weighted by Gasteiger charge is -2.50. The Bertz CT molecular complexity index is 494. The molecule has 0 radical (unpaired) electrons. The second kappa shape index (κ2) is 39.1. The Balaban J connectivity index is 6.54. The molecule has 0 N–H and O–H groups in total. The second-order valence-corrected chi connectivity index (χ2v) is 32.2. The van der Waals surface area contributed by atoms with Gasteiger partial charge < -0.3 is 0 Å². The standard InChI is InChI=1S/C48H102Si2/c1-7-13-19-25-31-37-43-49(44-38-32-26-20-14-8-2,45-39-33-27-21-15-9-3)50(46-40-34-28-22-16-10-4,47-41-35-29-23-17-11-5)48-42-36-30-24-18-12-6/h7-48H2,1-6H3. The second-order valence-electron chi connectivity index (χ2n) is 17.7. The first-order valence-corrected chi connectivity index (χ1v) is 30.9. The van der Waals surface area contributed by atoms with Gasteiger partial charge in [-0.15, -0.1) is 0 Å². The Labute approximate surface area is 322 Å². The van der Waals surface area contributed by atoms with E-state index in [4.69, 9.17) is 0 Å². The van der Waals surface area contributed by atoms with Crippen molar-refractivity contribution in [1.29, 1.82) is 0 Å². The van der Waals surface area contributed by atoms with E-state index >= 15 is 0 Å². The van der Waals surface area contributed by atoms with Crippen LogP contribution in [0, 0.1) is 0 Å². The summed E-state index contributed by atoms with van der Waals surface area (Å²) in [7, 11) is -2.74. The first-order valence-electron chi connectivity index (χ1n) is 24.6. The fourth-order valence-electron chi connectivity index (χ4n) is 9.80. The van der Waals surface area contributed by atoms with Crippen molar-refractivity contribution in [3.05, 3.63) is 0 Å². The van der Waals surface area contributed by atoms with Gasteiger partial charge >= 0.3 is 0 Å². The minimum atomic E-state index is -1.37. The fourth-order valence-corrected chi connectivity index (χ4v) is 32.8. The lowest BCUT2D eigenvalue weighted by molar-refractivity contribution is 0.601. The van der Waals surface area contributed by atoms with E-state index in [2.05, 4.69) is 41.5 Å². The zero-order chi connectivity index (χ0) is 36.7. The smallest absolute Gasteiger partial charge is 0.0479 e. The van der Waals surface area contributed by atoms with Gasteiger partial charge in [0.05, 0.1) is 0 Å². The average molecular weight is 736 g/mol. The van der Waals surface area contributed by atoms with E-state index in [9.17, 15) is 0 Å². The third kappa shape index (κ3) is 27.1. The lowest BCUT2D eigenvalue weighted by Crippen LogP contribution is -2.62. The Hall–Kier alpha value is 0.434. The molecule has 0 spiro atoms. The predicted octanol–water partition coefficient (Wildman–Crippen LogP) is 19.1. The predicted molar refractivity (Wildman–Crippen MR) is 241 cm³/mol. The molecule has 0 rings (SSSR count). The molecule has 0 fully saturated rings. The zero-order valence-electron chi connectivity index (χ0n) is 36.7. The third-order valence-corrected chi connectivity index (χ3v) is 34.5. The molecule has 0 aliphatic carbocycles. The molecule has 50 heavy (non-hydrogen) atoms. The van der Waals surface area contributed by atoms with Gasteiger partial charge in [-0.2, -0.15) is 0 Å². The van der Waals surface area contributed by atoms with Gasteiger partial charge in [0.15, 0.2) is 0 Å². The molecule has 0 saturated heterocycles. The minimum Gasteiger partial charge on any atom is -0.0654 e. The Morgan fingerprint density at radius 2 is 0.280 bits per heavy atom. The molecule has 0 nitrogen and oxygen atoms in total. The largest absolute Gasteiger partial charge is 0.0654 e. The van der Waals surface area contributed by atoms with Crippen LogP contribution >= 0.6 is 0 Å². The van der Waals surface area contributed by atoms with Crippen LogP contribution in [-0.2, 0) is 0 Å². The summed E-state index contributed by atoms with van der Waals surface area (Å²) >= 11 is 0. The van der Waals surface area contributed by atoms with E-state index in [-0.39, 0.29) is 0 Å². The number of hydrogen-bond acceptors (Lipinski definition) is 0. The Morgan fingerprint density at radius 1 is 0.160 bits per heavy atom. The Kier molecular flexibility index (Phi) is 39.5. The van der Waals surface area contributed by atoms with Crippen molar-refractivity contribution in [2.75, 3.05) is 0 Å². The summed E-state index contributed by atoms with van der Waals surface area (Å²) in [4.78, 5) is 0. The fraction of sp³-hybridized carbons (Fsp3) is 1.00. The van der Waals surface area contributed by atoms with Crippen LogP contribution < -0.4 is 0 Å². The summed E-state index contributed by atoms with van der Waals surface area (Å²) < 4.78 is 0. The molecule has 0 unspecified atom stereocenters. The summed E-state index contributed by atoms with van der Waals surface area (Å²) in [6.45, 7) is 14.4. The summed E-state index contributed by atoms with van der Waals surface area (Å²) in [6.07, 6.45) is 54.2. The lowest BCUT2D eigenvalue weighted by atomic mass is 10.1. The van der Waals surface area contributed by atoms with Crippen molar-refractivity contribution in [3.63, 3.8) is 0 Å². The molecule has 0 aromatic rings. The van der Waals surface area contributed by atoms with E-state index in [1.165, 1.54) is 154 Å². The first kappa shape index (κ1) is 50.4. The van der Waals surface area contributed by atoms with Gasteiger partial charge in [0.25, 0.3) is 0 Å². The maximum Gasteiger partial charge on any atom is 0.0479 e. The molecule has 0 aliphatic rings. The summed E-state index contributed by atoms with van der Waals surface area (Å²) in [5, 5.41) is 0. The van der Waals surface area contributed by atoms with Crippen LogP contribution in [0.15, 0.2) is 0 Å². The van der Waals surface area contributed by atoms with Crippen molar-refractivity contribution < 1.29 is 0 Å². The molecule has 0 aliphatic heterocycles. The molecule has 0 heterocycles. The van der Waals surface area contributed by atoms with Crippen LogP contribution in [0.5, 0.6) is 0 Å². The summed E-state index contributed by atoms with van der Waals surface area (Å²) in [5.74, 6) is 0. The maximum absolute atomic E-state index is 2.39. The first-order chi connectivity index (χ1) is 24.6. The van der Waals surface area contributed by atoms with Crippen LogP contribution in [0.2, 0.25) is 36.3 Å². The number of unbranched alkanes of at least 4 members (excludes halogenated alkanes) is 30. The van der Waals surface area contributed by atoms with Crippen molar-refractivity contribution in [2.24, 2.45) is 0 Å². The summed E-state index contributed by atoms with van der Waals surface area (Å²) in [5.41, 5.74) is 0. The quantitative estimate of drug-likeness (QED) is 0.0432. The van der Waals surface area contributed by atoms with E-state index < -0.39 is 15.2 Å². The SMILES string of the molecule is CCCCCCCC[Si](CCCCCCCC)(CCCCCCCC)[Si](CCCCCCCC)(CCCCCCCC)CCCCCCCC. The van der Waals surface area contributed by atoms with Gasteiger partial charge in [0.1, 0.15) is 0 Å². The molecule has 0 bridgehead atoms. The van der Waals surface area contributed by atoms with Gasteiger partial charge in [-0.3, -0.25) is 0 Å². The third-order valence-electron chi connectivity index (χ3n) is 13.2. The molecule has 0 amide bonds. The van der Waals surface area contributed by atoms with Crippen LogP contribution in [0.3, 0.4) is 0 Å². The van der Waals surface area contributed by atoms with Crippen LogP contribution in [0.4, 0.5) is 0 Å².